The van der Waals surface area contributed by atoms with Gasteiger partial charge in [-0.2, -0.15) is 0 Å². The van der Waals surface area contributed by atoms with Gasteiger partial charge in [-0.15, -0.1) is 0 Å². The number of hydrogen-bond donors (Lipinski definition) is 2. The summed E-state index contributed by atoms with van der Waals surface area (Å²) in [6, 6.07) is 3.82. The summed E-state index contributed by atoms with van der Waals surface area (Å²) in [5.74, 6) is -0.429. The van der Waals surface area contributed by atoms with Crippen LogP contribution in [0, 0.1) is 6.92 Å². The minimum atomic E-state index is -0.429. The number of aromatic nitrogens is 2. The maximum absolute atomic E-state index is 11.7. The predicted octanol–water partition coefficient (Wildman–Crippen LogP) is 2.06. The van der Waals surface area contributed by atoms with Gasteiger partial charge in [-0.3, -0.25) is 0 Å². The van der Waals surface area contributed by atoms with E-state index in [4.69, 9.17) is 10.5 Å². The van der Waals surface area contributed by atoms with Crippen LogP contribution in [0.25, 0.3) is 0 Å². The van der Waals surface area contributed by atoms with Gasteiger partial charge >= 0.3 is 5.97 Å². The van der Waals surface area contributed by atoms with Gasteiger partial charge in [0.25, 0.3) is 0 Å². The van der Waals surface area contributed by atoms with E-state index in [0.717, 1.165) is 17.8 Å². The SMILES string of the molecule is COC(=O)c1cc(NC(C)Cn2ccnc2)cc(C)c1N. The summed E-state index contributed by atoms with van der Waals surface area (Å²) in [7, 11) is 1.35. The van der Waals surface area contributed by atoms with Crippen molar-refractivity contribution in [1.82, 2.24) is 9.55 Å². The van der Waals surface area contributed by atoms with Crippen LogP contribution in [0.2, 0.25) is 0 Å². The van der Waals surface area contributed by atoms with Crippen LogP contribution in [0.1, 0.15) is 22.8 Å². The molecule has 0 saturated carbocycles. The van der Waals surface area contributed by atoms with Crippen molar-refractivity contribution < 1.29 is 9.53 Å². The molecule has 0 radical (unpaired) electrons. The molecule has 0 aliphatic rings. The Morgan fingerprint density at radius 2 is 2.29 bits per heavy atom. The van der Waals surface area contributed by atoms with Crippen molar-refractivity contribution in [3.63, 3.8) is 0 Å². The molecule has 3 N–H and O–H groups in total. The number of nitrogens with one attached hydrogen (secondary N) is 1. The Labute approximate surface area is 123 Å². The van der Waals surface area contributed by atoms with Crippen LogP contribution < -0.4 is 11.1 Å². The minimum absolute atomic E-state index is 0.174. The Hall–Kier alpha value is -2.50. The molecule has 6 heteroatoms. The molecular weight excluding hydrogens is 268 g/mol. The molecule has 0 bridgehead atoms. The van der Waals surface area contributed by atoms with Crippen LogP contribution in [0.4, 0.5) is 11.4 Å². The number of ether oxygens (including phenoxy) is 1. The number of methoxy groups -OCH3 is 1. The summed E-state index contributed by atoms with van der Waals surface area (Å²) in [4.78, 5) is 15.8. The van der Waals surface area contributed by atoms with E-state index in [0.29, 0.717) is 11.3 Å². The summed E-state index contributed by atoms with van der Waals surface area (Å²) in [6.45, 7) is 4.70. The molecule has 0 fully saturated rings. The van der Waals surface area contributed by atoms with E-state index < -0.39 is 5.97 Å². The van der Waals surface area contributed by atoms with Gasteiger partial charge in [-0.25, -0.2) is 9.78 Å². The molecule has 0 saturated heterocycles. The molecule has 0 aliphatic carbocycles. The molecule has 1 heterocycles. The fraction of sp³-hybridized carbons (Fsp3) is 0.333. The van der Waals surface area contributed by atoms with Crippen molar-refractivity contribution in [2.75, 3.05) is 18.2 Å². The van der Waals surface area contributed by atoms with E-state index in [1.807, 2.05) is 23.8 Å². The van der Waals surface area contributed by atoms with Crippen molar-refractivity contribution >= 4 is 17.3 Å². The lowest BCUT2D eigenvalue weighted by Gasteiger charge is -2.18. The average molecular weight is 288 g/mol. The molecule has 112 valence electrons. The average Bonchev–Trinajstić information content (AvgIpc) is 2.94. The number of esters is 1. The quantitative estimate of drug-likeness (QED) is 0.650. The zero-order valence-corrected chi connectivity index (χ0v) is 12.5. The number of nitrogens with zero attached hydrogens (tertiary/aromatic N) is 2. The van der Waals surface area contributed by atoms with Crippen LogP contribution in [0.5, 0.6) is 0 Å². The Kier molecular flexibility index (Phi) is 4.47. The predicted molar refractivity (Wildman–Crippen MR) is 82.2 cm³/mol. The van der Waals surface area contributed by atoms with Gasteiger partial charge in [-0.1, -0.05) is 0 Å². The van der Waals surface area contributed by atoms with Crippen molar-refractivity contribution in [3.05, 3.63) is 42.0 Å². The van der Waals surface area contributed by atoms with Crippen molar-refractivity contribution in [2.45, 2.75) is 26.4 Å². The first-order valence-corrected chi connectivity index (χ1v) is 6.72. The normalized spacial score (nSPS) is 12.0. The van der Waals surface area contributed by atoms with E-state index in [1.54, 1.807) is 18.6 Å². The van der Waals surface area contributed by atoms with Crippen molar-refractivity contribution in [2.24, 2.45) is 0 Å². The number of nitrogens with two attached hydrogens (primary N) is 1. The second-order valence-electron chi connectivity index (χ2n) is 5.05. The fourth-order valence-electron chi connectivity index (χ4n) is 2.20. The van der Waals surface area contributed by atoms with Gasteiger partial charge in [-0.05, 0) is 31.5 Å². The Morgan fingerprint density at radius 3 is 2.90 bits per heavy atom. The lowest BCUT2D eigenvalue weighted by Crippen LogP contribution is -2.21. The number of aryl methyl sites for hydroxylation is 1. The molecule has 1 aromatic heterocycles. The van der Waals surface area contributed by atoms with Crippen LogP contribution in [-0.2, 0) is 11.3 Å². The van der Waals surface area contributed by atoms with Gasteiger partial charge in [0, 0.05) is 36.4 Å². The van der Waals surface area contributed by atoms with Crippen molar-refractivity contribution in [1.29, 1.82) is 0 Å². The smallest absolute Gasteiger partial charge is 0.340 e. The summed E-state index contributed by atoms with van der Waals surface area (Å²) in [5.41, 5.74) is 8.45. The molecule has 2 rings (SSSR count). The minimum Gasteiger partial charge on any atom is -0.465 e. The Bertz CT molecular complexity index is 623. The summed E-state index contributed by atoms with van der Waals surface area (Å²) >= 11 is 0. The number of anilines is 2. The first-order chi connectivity index (χ1) is 10.0. The third-order valence-corrected chi connectivity index (χ3v) is 3.25. The maximum atomic E-state index is 11.7. The number of rotatable bonds is 5. The van der Waals surface area contributed by atoms with Crippen LogP contribution in [0.3, 0.4) is 0 Å². The number of benzene rings is 1. The maximum Gasteiger partial charge on any atom is 0.340 e. The lowest BCUT2D eigenvalue weighted by atomic mass is 10.1. The standard InChI is InChI=1S/C15H20N4O2/c1-10-6-12(7-13(14(10)16)15(20)21-3)18-11(2)8-19-5-4-17-9-19/h4-7,9,11,18H,8,16H2,1-3H3. The topological polar surface area (TPSA) is 82.2 Å². The number of carbonyl (C=O) groups excluding carboxylic acids is 1. The Morgan fingerprint density at radius 1 is 1.52 bits per heavy atom. The largest absolute Gasteiger partial charge is 0.465 e. The molecule has 21 heavy (non-hydrogen) atoms. The van der Waals surface area contributed by atoms with Crippen LogP contribution in [0.15, 0.2) is 30.9 Å². The van der Waals surface area contributed by atoms with E-state index >= 15 is 0 Å². The van der Waals surface area contributed by atoms with Crippen molar-refractivity contribution in [3.8, 4) is 0 Å². The highest BCUT2D eigenvalue weighted by atomic mass is 16.5. The summed E-state index contributed by atoms with van der Waals surface area (Å²) in [6.07, 6.45) is 5.42. The van der Waals surface area contributed by atoms with Crippen LogP contribution in [-0.4, -0.2) is 28.7 Å². The molecule has 0 spiro atoms. The molecule has 1 unspecified atom stereocenters. The monoisotopic (exact) mass is 288 g/mol. The summed E-state index contributed by atoms with van der Waals surface area (Å²) in [5, 5.41) is 3.36. The van der Waals surface area contributed by atoms with Gasteiger partial charge in [0.1, 0.15) is 0 Å². The van der Waals surface area contributed by atoms with E-state index in [9.17, 15) is 4.79 Å². The number of imidazole rings is 1. The Balaban J connectivity index is 2.16. The molecule has 6 nitrogen and oxygen atoms in total. The molecule has 0 aliphatic heterocycles. The zero-order valence-electron chi connectivity index (χ0n) is 12.5. The van der Waals surface area contributed by atoms with Gasteiger partial charge in [0.15, 0.2) is 0 Å². The van der Waals surface area contributed by atoms with E-state index in [-0.39, 0.29) is 6.04 Å². The van der Waals surface area contributed by atoms with Gasteiger partial charge in [0.2, 0.25) is 0 Å². The highest BCUT2D eigenvalue weighted by Gasteiger charge is 2.14. The molecule has 1 atom stereocenters. The number of hydrogen-bond acceptors (Lipinski definition) is 5. The third-order valence-electron chi connectivity index (χ3n) is 3.25. The highest BCUT2D eigenvalue weighted by molar-refractivity contribution is 5.97. The van der Waals surface area contributed by atoms with E-state index in [2.05, 4.69) is 17.2 Å². The second kappa shape index (κ2) is 6.30. The van der Waals surface area contributed by atoms with Gasteiger partial charge in [0.05, 0.1) is 19.0 Å². The lowest BCUT2D eigenvalue weighted by molar-refractivity contribution is 0.0602. The van der Waals surface area contributed by atoms with Gasteiger partial charge < -0.3 is 20.4 Å². The first-order valence-electron chi connectivity index (χ1n) is 6.72. The fourth-order valence-corrected chi connectivity index (χ4v) is 2.20. The van der Waals surface area contributed by atoms with Crippen LogP contribution >= 0.6 is 0 Å². The number of carbonyl (C=O) groups is 1. The third kappa shape index (κ3) is 3.53. The molecule has 0 amide bonds. The highest BCUT2D eigenvalue weighted by Crippen LogP contribution is 2.24. The van der Waals surface area contributed by atoms with E-state index in [1.165, 1.54) is 7.11 Å². The molecule has 2 aromatic rings. The molecular formula is C15H20N4O2. The second-order valence-corrected chi connectivity index (χ2v) is 5.05. The summed E-state index contributed by atoms with van der Waals surface area (Å²) < 4.78 is 6.75. The zero-order chi connectivity index (χ0) is 15.4. The first kappa shape index (κ1) is 14.9. The number of nitrogen functional groups attached to an aromatic ring is 1. The molecule has 1 aromatic carbocycles.